The lowest BCUT2D eigenvalue weighted by atomic mass is 9.97. The number of ketones is 1. The predicted octanol–water partition coefficient (Wildman–Crippen LogP) is 5.64. The van der Waals surface area contributed by atoms with Gasteiger partial charge in [0.15, 0.2) is 23.1 Å². The second kappa shape index (κ2) is 8.07. The standard InChI is InChI=1S/C24H21N3O3S/c1-14(28)15-9-10-18(19(12-15)29-2)30-23-21-17-7-3-4-8-20(17)31-24(21)27-22(26-23)16-6-5-11-25-13-16/h5-6,9-13H,3-4,7-8H2,1-2H3. The maximum absolute atomic E-state index is 11.8. The molecule has 1 aromatic carbocycles. The number of benzene rings is 1. The van der Waals surface area contributed by atoms with E-state index in [0.29, 0.717) is 28.8 Å². The van der Waals surface area contributed by atoms with Crippen LogP contribution < -0.4 is 9.47 Å². The molecule has 1 aliphatic carbocycles. The minimum Gasteiger partial charge on any atom is -0.493 e. The lowest BCUT2D eigenvalue weighted by molar-refractivity contribution is 0.101. The number of carbonyl (C=O) groups excluding carboxylic acids is 1. The van der Waals surface area contributed by atoms with Crippen molar-refractivity contribution < 1.29 is 14.3 Å². The number of aromatic nitrogens is 3. The van der Waals surface area contributed by atoms with Gasteiger partial charge in [0.2, 0.25) is 5.88 Å². The van der Waals surface area contributed by atoms with Crippen LogP contribution in [0.15, 0.2) is 42.7 Å². The number of nitrogens with zero attached hydrogens (tertiary/aromatic N) is 3. The van der Waals surface area contributed by atoms with Crippen molar-refractivity contribution in [2.75, 3.05) is 7.11 Å². The van der Waals surface area contributed by atoms with Crippen molar-refractivity contribution in [3.8, 4) is 28.8 Å². The normalized spacial score (nSPS) is 13.1. The average Bonchev–Trinajstić information content (AvgIpc) is 3.18. The van der Waals surface area contributed by atoms with Crippen molar-refractivity contribution in [3.63, 3.8) is 0 Å². The zero-order chi connectivity index (χ0) is 21.4. The average molecular weight is 432 g/mol. The molecule has 0 spiro atoms. The number of rotatable bonds is 5. The van der Waals surface area contributed by atoms with Crippen LogP contribution in [0.1, 0.15) is 40.6 Å². The van der Waals surface area contributed by atoms with Gasteiger partial charge in [-0.25, -0.2) is 4.98 Å². The lowest BCUT2D eigenvalue weighted by Gasteiger charge is -2.14. The summed E-state index contributed by atoms with van der Waals surface area (Å²) in [6, 6.07) is 9.00. The number of pyridine rings is 1. The number of ether oxygens (including phenoxy) is 2. The number of Topliss-reactive ketones (excluding diaryl/α,β-unsaturated/α-hetero) is 1. The number of hydrogen-bond donors (Lipinski definition) is 0. The van der Waals surface area contributed by atoms with Crippen LogP contribution in [0.2, 0.25) is 0 Å². The van der Waals surface area contributed by atoms with E-state index in [9.17, 15) is 4.79 Å². The summed E-state index contributed by atoms with van der Waals surface area (Å²) in [5.74, 6) is 2.07. The molecule has 31 heavy (non-hydrogen) atoms. The molecular weight excluding hydrogens is 410 g/mol. The third kappa shape index (κ3) is 3.65. The van der Waals surface area contributed by atoms with E-state index in [4.69, 9.17) is 19.4 Å². The first-order valence-electron chi connectivity index (χ1n) is 10.2. The minimum absolute atomic E-state index is 0.0277. The van der Waals surface area contributed by atoms with Crippen LogP contribution in [0, 0.1) is 0 Å². The molecule has 0 unspecified atom stereocenters. The summed E-state index contributed by atoms with van der Waals surface area (Å²) in [5.41, 5.74) is 2.69. The van der Waals surface area contributed by atoms with Gasteiger partial charge in [-0.3, -0.25) is 9.78 Å². The smallest absolute Gasteiger partial charge is 0.232 e. The predicted molar refractivity (Wildman–Crippen MR) is 120 cm³/mol. The van der Waals surface area contributed by atoms with Crippen LogP contribution in [0.3, 0.4) is 0 Å². The van der Waals surface area contributed by atoms with Crippen LogP contribution in [0.4, 0.5) is 0 Å². The molecule has 0 fully saturated rings. The Labute approximate surface area is 183 Å². The second-order valence-corrected chi connectivity index (χ2v) is 8.59. The SMILES string of the molecule is COc1cc(C(C)=O)ccc1Oc1nc(-c2cccnc2)nc2sc3c(c12)CCCC3. The van der Waals surface area contributed by atoms with Gasteiger partial charge in [-0.15, -0.1) is 11.3 Å². The molecule has 0 N–H and O–H groups in total. The lowest BCUT2D eigenvalue weighted by Crippen LogP contribution is -2.01. The van der Waals surface area contributed by atoms with Crippen molar-refractivity contribution in [1.82, 2.24) is 15.0 Å². The fourth-order valence-corrected chi connectivity index (χ4v) is 5.15. The Morgan fingerprint density at radius 1 is 1.10 bits per heavy atom. The zero-order valence-electron chi connectivity index (χ0n) is 17.3. The third-order valence-corrected chi connectivity index (χ3v) is 6.66. The first-order chi connectivity index (χ1) is 15.1. The molecule has 0 aliphatic heterocycles. The van der Waals surface area contributed by atoms with Gasteiger partial charge in [-0.2, -0.15) is 4.98 Å². The van der Waals surface area contributed by atoms with E-state index in [0.717, 1.165) is 35.0 Å². The van der Waals surface area contributed by atoms with Crippen LogP contribution in [0.25, 0.3) is 21.6 Å². The minimum atomic E-state index is -0.0277. The van der Waals surface area contributed by atoms with Crippen LogP contribution in [0.5, 0.6) is 17.4 Å². The molecular formula is C24H21N3O3S. The molecule has 4 aromatic rings. The number of fused-ring (bicyclic) bond motifs is 3. The van der Waals surface area contributed by atoms with E-state index in [1.54, 1.807) is 49.0 Å². The molecule has 3 heterocycles. The third-order valence-electron chi connectivity index (χ3n) is 5.48. The summed E-state index contributed by atoms with van der Waals surface area (Å²) in [5, 5.41) is 0.977. The molecule has 0 bridgehead atoms. The Kier molecular flexibility index (Phi) is 5.11. The summed E-state index contributed by atoms with van der Waals surface area (Å²) < 4.78 is 11.8. The van der Waals surface area contributed by atoms with Gasteiger partial charge >= 0.3 is 0 Å². The fraction of sp³-hybridized carbons (Fsp3) is 0.250. The molecule has 6 nitrogen and oxygen atoms in total. The number of methoxy groups -OCH3 is 1. The van der Waals surface area contributed by atoms with Gasteiger partial charge in [0.05, 0.1) is 12.5 Å². The summed E-state index contributed by atoms with van der Waals surface area (Å²) in [7, 11) is 1.56. The van der Waals surface area contributed by atoms with Gasteiger partial charge in [-0.05, 0) is 68.5 Å². The van der Waals surface area contributed by atoms with Crippen LogP contribution in [-0.4, -0.2) is 27.8 Å². The summed E-state index contributed by atoms with van der Waals surface area (Å²) >= 11 is 1.72. The Morgan fingerprint density at radius 3 is 2.74 bits per heavy atom. The van der Waals surface area contributed by atoms with Gasteiger partial charge in [0.25, 0.3) is 0 Å². The van der Waals surface area contributed by atoms with E-state index in [1.807, 2.05) is 12.1 Å². The first-order valence-corrected chi connectivity index (χ1v) is 11.0. The highest BCUT2D eigenvalue weighted by molar-refractivity contribution is 7.18. The zero-order valence-corrected chi connectivity index (χ0v) is 18.2. The summed E-state index contributed by atoms with van der Waals surface area (Å²) in [6.45, 7) is 1.53. The molecule has 5 rings (SSSR count). The molecule has 3 aromatic heterocycles. The van der Waals surface area contributed by atoms with Gasteiger partial charge in [0, 0.05) is 28.4 Å². The second-order valence-electron chi connectivity index (χ2n) is 7.51. The molecule has 0 radical (unpaired) electrons. The van der Waals surface area contributed by atoms with Gasteiger partial charge in [-0.1, -0.05) is 0 Å². The van der Waals surface area contributed by atoms with Gasteiger partial charge < -0.3 is 9.47 Å². The maximum atomic E-state index is 11.8. The Hall–Kier alpha value is -3.32. The molecule has 0 atom stereocenters. The number of carbonyl (C=O) groups is 1. The van der Waals surface area contributed by atoms with Crippen molar-refractivity contribution in [3.05, 3.63) is 58.7 Å². The number of thiophene rings is 1. The summed E-state index contributed by atoms with van der Waals surface area (Å²) in [4.78, 5) is 27.9. The number of aryl methyl sites for hydroxylation is 2. The van der Waals surface area contributed by atoms with Crippen LogP contribution in [-0.2, 0) is 12.8 Å². The molecule has 0 saturated heterocycles. The van der Waals surface area contributed by atoms with Crippen LogP contribution >= 0.6 is 11.3 Å². The Balaban J connectivity index is 1.68. The van der Waals surface area contributed by atoms with Crippen molar-refractivity contribution in [1.29, 1.82) is 0 Å². The molecule has 1 aliphatic rings. The van der Waals surface area contributed by atoms with E-state index >= 15 is 0 Å². The molecule has 7 heteroatoms. The highest BCUT2D eigenvalue weighted by Crippen LogP contribution is 2.43. The Morgan fingerprint density at radius 2 is 1.97 bits per heavy atom. The topological polar surface area (TPSA) is 74.2 Å². The van der Waals surface area contributed by atoms with Gasteiger partial charge in [0.1, 0.15) is 4.83 Å². The van der Waals surface area contributed by atoms with E-state index in [2.05, 4.69) is 4.98 Å². The van der Waals surface area contributed by atoms with Crippen molar-refractivity contribution in [2.45, 2.75) is 32.6 Å². The molecule has 156 valence electrons. The Bertz CT molecular complexity index is 1280. The van der Waals surface area contributed by atoms with E-state index in [1.165, 1.54) is 23.8 Å². The highest BCUT2D eigenvalue weighted by atomic mass is 32.1. The summed E-state index contributed by atoms with van der Waals surface area (Å²) in [6.07, 6.45) is 7.89. The quantitative estimate of drug-likeness (QED) is 0.381. The van der Waals surface area contributed by atoms with Crippen molar-refractivity contribution in [2.24, 2.45) is 0 Å². The largest absolute Gasteiger partial charge is 0.493 e. The highest BCUT2D eigenvalue weighted by Gasteiger charge is 2.23. The van der Waals surface area contributed by atoms with E-state index < -0.39 is 0 Å². The molecule has 0 saturated carbocycles. The van der Waals surface area contributed by atoms with Crippen molar-refractivity contribution >= 4 is 27.3 Å². The fourth-order valence-electron chi connectivity index (χ4n) is 3.90. The van der Waals surface area contributed by atoms with E-state index in [-0.39, 0.29) is 5.78 Å². The maximum Gasteiger partial charge on any atom is 0.232 e. The monoisotopic (exact) mass is 431 g/mol. The first kappa shape index (κ1) is 19.6. The molecule has 0 amide bonds. The number of hydrogen-bond acceptors (Lipinski definition) is 7.